The van der Waals surface area contributed by atoms with E-state index in [1.165, 1.54) is 0 Å². The Labute approximate surface area is 107 Å². The van der Waals surface area contributed by atoms with Crippen LogP contribution in [0.15, 0.2) is 29.4 Å². The van der Waals surface area contributed by atoms with Crippen LogP contribution >= 0.6 is 0 Å². The molecule has 0 aliphatic rings. The van der Waals surface area contributed by atoms with Crippen molar-refractivity contribution in [1.29, 1.82) is 0 Å². The number of oxime groups is 1. The van der Waals surface area contributed by atoms with Crippen LogP contribution in [-0.2, 0) is 0 Å². The highest BCUT2D eigenvalue weighted by atomic mass is 16.5. The van der Waals surface area contributed by atoms with Gasteiger partial charge in [0.15, 0.2) is 0 Å². The minimum atomic E-state index is 0.260. The summed E-state index contributed by atoms with van der Waals surface area (Å²) >= 11 is 0. The smallest absolute Gasteiger partial charge is 0.139 e. The van der Waals surface area contributed by atoms with Crippen LogP contribution in [0.25, 0.3) is 0 Å². The molecule has 1 rings (SSSR count). The number of rotatable bonds is 8. The topological polar surface area (TPSA) is 77.1 Å². The summed E-state index contributed by atoms with van der Waals surface area (Å²) in [5, 5.41) is 11.3. The maximum Gasteiger partial charge on any atom is 0.139 e. The number of ether oxygens (including phenoxy) is 2. The lowest BCUT2D eigenvalue weighted by Crippen LogP contribution is -2.11. The number of amidine groups is 1. The second kappa shape index (κ2) is 8.22. The van der Waals surface area contributed by atoms with Gasteiger partial charge in [0.05, 0.1) is 13.2 Å². The molecule has 3 N–H and O–H groups in total. The zero-order valence-electron chi connectivity index (χ0n) is 10.6. The molecule has 0 bridgehead atoms. The van der Waals surface area contributed by atoms with Crippen molar-refractivity contribution in [3.05, 3.63) is 24.3 Å². The lowest BCUT2D eigenvalue weighted by Gasteiger charge is -2.07. The molecule has 0 atom stereocenters. The highest BCUT2D eigenvalue weighted by Crippen LogP contribution is 2.17. The Morgan fingerprint density at radius 1 is 1.17 bits per heavy atom. The van der Waals surface area contributed by atoms with Gasteiger partial charge in [0.25, 0.3) is 0 Å². The molecule has 0 amide bonds. The second-order valence-electron chi connectivity index (χ2n) is 3.80. The fourth-order valence-electron chi connectivity index (χ4n) is 1.45. The summed E-state index contributed by atoms with van der Waals surface area (Å²) in [6.45, 7) is 3.23. The quantitative estimate of drug-likeness (QED) is 0.245. The van der Waals surface area contributed by atoms with Gasteiger partial charge in [-0.25, -0.2) is 0 Å². The zero-order valence-corrected chi connectivity index (χ0v) is 10.6. The Balaban J connectivity index is 2.19. The minimum absolute atomic E-state index is 0.260. The predicted octanol–water partition coefficient (Wildman–Crippen LogP) is 2.38. The summed E-state index contributed by atoms with van der Waals surface area (Å²) in [4.78, 5) is 0. The lowest BCUT2D eigenvalue weighted by molar-refractivity contribution is 0.303. The van der Waals surface area contributed by atoms with E-state index in [2.05, 4.69) is 5.16 Å². The van der Waals surface area contributed by atoms with Crippen LogP contribution in [-0.4, -0.2) is 24.3 Å². The summed E-state index contributed by atoms with van der Waals surface area (Å²) < 4.78 is 10.9. The summed E-state index contributed by atoms with van der Waals surface area (Å²) in [5.41, 5.74) is 5.36. The van der Waals surface area contributed by atoms with E-state index in [0.717, 1.165) is 24.3 Å². The van der Waals surface area contributed by atoms with Gasteiger partial charge < -0.3 is 20.4 Å². The molecule has 1 aromatic rings. The fraction of sp³-hybridized carbons (Fsp3) is 0.462. The van der Waals surface area contributed by atoms with Gasteiger partial charge in [0.1, 0.15) is 17.3 Å². The number of nitrogens with two attached hydrogens (primary N) is 1. The number of hydrogen-bond donors (Lipinski definition) is 2. The van der Waals surface area contributed by atoms with E-state index in [1.807, 2.05) is 31.2 Å². The number of benzene rings is 1. The van der Waals surface area contributed by atoms with Crippen LogP contribution in [0.3, 0.4) is 0 Å². The van der Waals surface area contributed by atoms with Gasteiger partial charge in [0.2, 0.25) is 0 Å². The van der Waals surface area contributed by atoms with Crippen molar-refractivity contribution in [2.24, 2.45) is 10.9 Å². The molecule has 0 aromatic heterocycles. The van der Waals surface area contributed by atoms with Crippen molar-refractivity contribution in [2.75, 3.05) is 13.2 Å². The first-order valence-electron chi connectivity index (χ1n) is 6.08. The Hall–Kier alpha value is -1.91. The van der Waals surface area contributed by atoms with Crippen molar-refractivity contribution in [1.82, 2.24) is 0 Å². The number of hydrogen-bond acceptors (Lipinski definition) is 4. The number of unbranched alkanes of at least 4 members (excludes halogenated alkanes) is 1. The average Bonchev–Trinajstić information content (AvgIpc) is 2.40. The standard InChI is InChI=1S/C13H20N2O3/c1-2-17-11-6-8-12(9-7-11)18-10-4-3-5-13(14)15-16/h6-9,16H,2-5,10H2,1H3,(H2,14,15). The highest BCUT2D eigenvalue weighted by Gasteiger charge is 1.97. The van der Waals surface area contributed by atoms with Gasteiger partial charge in [-0.3, -0.25) is 0 Å². The molecule has 0 saturated heterocycles. The molecule has 1 aromatic carbocycles. The van der Waals surface area contributed by atoms with Gasteiger partial charge in [-0.2, -0.15) is 0 Å². The molecule has 5 heteroatoms. The molecule has 0 fully saturated rings. The Morgan fingerprint density at radius 3 is 2.33 bits per heavy atom. The third kappa shape index (κ3) is 5.43. The molecule has 0 aliphatic heterocycles. The summed E-state index contributed by atoms with van der Waals surface area (Å²) in [5.74, 6) is 1.93. The van der Waals surface area contributed by atoms with Crippen LogP contribution in [0.2, 0.25) is 0 Å². The lowest BCUT2D eigenvalue weighted by atomic mass is 10.2. The number of nitrogens with zero attached hydrogens (tertiary/aromatic N) is 1. The highest BCUT2D eigenvalue weighted by molar-refractivity contribution is 5.79. The molecular formula is C13H20N2O3. The predicted molar refractivity (Wildman–Crippen MR) is 70.4 cm³/mol. The first kappa shape index (κ1) is 14.2. The first-order chi connectivity index (χ1) is 8.76. The maximum absolute atomic E-state index is 8.36. The third-order valence-corrected chi connectivity index (χ3v) is 2.36. The van der Waals surface area contributed by atoms with E-state index < -0.39 is 0 Å². The van der Waals surface area contributed by atoms with E-state index in [9.17, 15) is 0 Å². The minimum Gasteiger partial charge on any atom is -0.494 e. The molecular weight excluding hydrogens is 232 g/mol. The van der Waals surface area contributed by atoms with Gasteiger partial charge in [-0.1, -0.05) is 5.16 Å². The van der Waals surface area contributed by atoms with E-state index in [1.54, 1.807) is 0 Å². The van der Waals surface area contributed by atoms with Gasteiger partial charge in [-0.15, -0.1) is 0 Å². The van der Waals surface area contributed by atoms with E-state index >= 15 is 0 Å². The monoisotopic (exact) mass is 252 g/mol. The maximum atomic E-state index is 8.36. The molecule has 0 heterocycles. The normalized spacial score (nSPS) is 11.3. The van der Waals surface area contributed by atoms with Gasteiger partial charge in [0, 0.05) is 6.42 Å². The van der Waals surface area contributed by atoms with Crippen molar-refractivity contribution < 1.29 is 14.7 Å². The van der Waals surface area contributed by atoms with Crippen molar-refractivity contribution in [3.63, 3.8) is 0 Å². The Kier molecular flexibility index (Phi) is 6.46. The molecule has 0 radical (unpaired) electrons. The second-order valence-corrected chi connectivity index (χ2v) is 3.80. The van der Waals surface area contributed by atoms with Gasteiger partial charge >= 0.3 is 0 Å². The molecule has 0 saturated carbocycles. The van der Waals surface area contributed by atoms with Crippen LogP contribution in [0.1, 0.15) is 26.2 Å². The molecule has 0 aliphatic carbocycles. The average molecular weight is 252 g/mol. The summed E-state index contributed by atoms with van der Waals surface area (Å²) in [6.07, 6.45) is 2.29. The van der Waals surface area contributed by atoms with Crippen LogP contribution in [0, 0.1) is 0 Å². The first-order valence-corrected chi connectivity index (χ1v) is 6.08. The Bertz CT molecular complexity index is 363. The molecule has 0 spiro atoms. The Morgan fingerprint density at radius 2 is 1.78 bits per heavy atom. The van der Waals surface area contributed by atoms with Gasteiger partial charge in [-0.05, 0) is 44.0 Å². The third-order valence-electron chi connectivity index (χ3n) is 2.36. The summed E-state index contributed by atoms with van der Waals surface area (Å²) in [7, 11) is 0. The van der Waals surface area contributed by atoms with Crippen molar-refractivity contribution in [3.8, 4) is 11.5 Å². The largest absolute Gasteiger partial charge is 0.494 e. The SMILES string of the molecule is CCOc1ccc(OCCCCC(N)=NO)cc1. The zero-order chi connectivity index (χ0) is 13.2. The summed E-state index contributed by atoms with van der Waals surface area (Å²) in [6, 6.07) is 7.54. The van der Waals surface area contributed by atoms with Crippen molar-refractivity contribution >= 4 is 5.84 Å². The van der Waals surface area contributed by atoms with Crippen LogP contribution in [0.5, 0.6) is 11.5 Å². The molecule has 0 unspecified atom stereocenters. The van der Waals surface area contributed by atoms with E-state index in [0.29, 0.717) is 19.6 Å². The molecule has 5 nitrogen and oxygen atoms in total. The van der Waals surface area contributed by atoms with Crippen LogP contribution < -0.4 is 15.2 Å². The van der Waals surface area contributed by atoms with Crippen LogP contribution in [0.4, 0.5) is 0 Å². The fourth-order valence-corrected chi connectivity index (χ4v) is 1.45. The molecule has 100 valence electrons. The molecule has 18 heavy (non-hydrogen) atoms. The van der Waals surface area contributed by atoms with E-state index in [-0.39, 0.29) is 5.84 Å². The van der Waals surface area contributed by atoms with Crippen molar-refractivity contribution in [2.45, 2.75) is 26.2 Å². The van der Waals surface area contributed by atoms with E-state index in [4.69, 9.17) is 20.4 Å².